The highest BCUT2D eigenvalue weighted by atomic mass is 19.3. The lowest BCUT2D eigenvalue weighted by Crippen LogP contribution is -2.40. The Morgan fingerprint density at radius 1 is 1.38 bits per heavy atom. The van der Waals surface area contributed by atoms with E-state index in [0.29, 0.717) is 0 Å². The van der Waals surface area contributed by atoms with Crippen LogP contribution in [0.2, 0.25) is 0 Å². The van der Waals surface area contributed by atoms with Crippen molar-refractivity contribution in [3.8, 4) is 0 Å². The van der Waals surface area contributed by atoms with Crippen molar-refractivity contribution in [3.05, 3.63) is 0 Å². The highest BCUT2D eigenvalue weighted by molar-refractivity contribution is 6.05. The monoisotopic (exact) mass is 198 g/mol. The van der Waals surface area contributed by atoms with E-state index < -0.39 is 24.3 Å². The van der Waals surface area contributed by atoms with Crippen LogP contribution in [0.25, 0.3) is 0 Å². The minimum Gasteiger partial charge on any atom is -0.461 e. The summed E-state index contributed by atoms with van der Waals surface area (Å²) >= 11 is 0. The number of carbonyl (C=O) groups is 2. The lowest BCUT2D eigenvalue weighted by atomic mass is 10.2. The molecule has 0 aromatic rings. The van der Waals surface area contributed by atoms with E-state index in [0.717, 1.165) is 0 Å². The predicted octanol–water partition coefficient (Wildman–Crippen LogP) is 0.243. The van der Waals surface area contributed by atoms with Gasteiger partial charge in [0.05, 0.1) is 6.61 Å². The van der Waals surface area contributed by atoms with Gasteiger partial charge in [-0.3, -0.25) is 4.79 Å². The van der Waals surface area contributed by atoms with Crippen molar-refractivity contribution in [3.63, 3.8) is 0 Å². The number of alkyl halides is 3. The van der Waals surface area contributed by atoms with Gasteiger partial charge in [0.25, 0.3) is 0 Å². The molecular formula is C6H7F3NO3. The summed E-state index contributed by atoms with van der Waals surface area (Å²) in [5.74, 6) is -8.45. The van der Waals surface area contributed by atoms with Gasteiger partial charge in [0, 0.05) is 6.15 Å². The molecule has 0 saturated heterocycles. The number of halogens is 3. The number of esters is 1. The fourth-order valence-corrected chi connectivity index (χ4v) is 0.419. The third kappa shape index (κ3) is 3.41. The van der Waals surface area contributed by atoms with E-state index in [1.165, 1.54) is 6.92 Å². The van der Waals surface area contributed by atoms with Gasteiger partial charge in [0.15, 0.2) is 6.67 Å². The number of ether oxygens (including phenoxy) is 1. The molecule has 0 aromatic heterocycles. The smallest absolute Gasteiger partial charge is 0.402 e. The van der Waals surface area contributed by atoms with Gasteiger partial charge < -0.3 is 4.74 Å². The zero-order valence-electron chi connectivity index (χ0n) is 6.72. The quantitative estimate of drug-likeness (QED) is 0.479. The van der Waals surface area contributed by atoms with Crippen LogP contribution in [0.3, 0.4) is 0 Å². The second-order valence-electron chi connectivity index (χ2n) is 1.85. The molecule has 7 heteroatoms. The van der Waals surface area contributed by atoms with Crippen LogP contribution in [0.5, 0.6) is 0 Å². The first-order valence-corrected chi connectivity index (χ1v) is 3.11. The van der Waals surface area contributed by atoms with Crippen molar-refractivity contribution in [2.45, 2.75) is 12.8 Å². The van der Waals surface area contributed by atoms with Crippen LogP contribution in [0, 0.1) is 0 Å². The summed E-state index contributed by atoms with van der Waals surface area (Å²) in [5, 5.41) is 0. The van der Waals surface area contributed by atoms with Crippen molar-refractivity contribution in [2.75, 3.05) is 13.3 Å². The molecule has 0 atom stereocenters. The molecular weight excluding hydrogens is 191 g/mol. The van der Waals surface area contributed by atoms with Crippen molar-refractivity contribution in [1.82, 2.24) is 6.15 Å². The Morgan fingerprint density at radius 2 is 1.85 bits per heavy atom. The second kappa shape index (κ2) is 5.52. The van der Waals surface area contributed by atoms with Crippen LogP contribution in [0.4, 0.5) is 13.2 Å². The standard InChI is InChI=1S/C6H7F3O3.N/c1-2-12-5(11)6(8,9)4(10)3-7;/h2-3H2,1H3;. The van der Waals surface area contributed by atoms with E-state index in [-0.39, 0.29) is 12.8 Å². The van der Waals surface area contributed by atoms with Crippen LogP contribution in [0.15, 0.2) is 0 Å². The van der Waals surface area contributed by atoms with Gasteiger partial charge >= 0.3 is 11.9 Å². The van der Waals surface area contributed by atoms with Crippen LogP contribution in [0.1, 0.15) is 6.92 Å². The normalized spacial score (nSPS) is 10.2. The van der Waals surface area contributed by atoms with Crippen LogP contribution in [-0.2, 0) is 14.3 Å². The Balaban J connectivity index is 0. The van der Waals surface area contributed by atoms with E-state index in [1.807, 2.05) is 0 Å². The van der Waals surface area contributed by atoms with Gasteiger partial charge in [0.2, 0.25) is 5.78 Å². The topological polar surface area (TPSA) is 73.9 Å². The molecule has 4 nitrogen and oxygen atoms in total. The van der Waals surface area contributed by atoms with E-state index in [2.05, 4.69) is 4.74 Å². The highest BCUT2D eigenvalue weighted by Crippen LogP contribution is 2.16. The van der Waals surface area contributed by atoms with Gasteiger partial charge in [-0.05, 0) is 6.92 Å². The SMILES string of the molecule is CCOC(=O)C(F)(F)C(=O)CF.[N]. The first-order valence-electron chi connectivity index (χ1n) is 3.11. The maximum absolute atomic E-state index is 12.3. The summed E-state index contributed by atoms with van der Waals surface area (Å²) in [7, 11) is 0. The maximum Gasteiger partial charge on any atom is 0.402 e. The zero-order chi connectivity index (χ0) is 9.78. The fourth-order valence-electron chi connectivity index (χ4n) is 0.419. The molecule has 0 amide bonds. The Labute approximate surface area is 72.6 Å². The molecule has 0 rings (SSSR count). The lowest BCUT2D eigenvalue weighted by Gasteiger charge is -2.10. The van der Waals surface area contributed by atoms with Gasteiger partial charge in [-0.1, -0.05) is 0 Å². The Morgan fingerprint density at radius 3 is 2.15 bits per heavy atom. The molecule has 0 heterocycles. The molecule has 3 radical (unpaired) electrons. The molecule has 0 bridgehead atoms. The average molecular weight is 198 g/mol. The molecule has 0 aromatic carbocycles. The number of Topliss-reactive ketones (excluding diaryl/α,β-unsaturated/α-hetero) is 1. The van der Waals surface area contributed by atoms with Gasteiger partial charge in [-0.15, -0.1) is 0 Å². The number of carbonyl (C=O) groups excluding carboxylic acids is 2. The van der Waals surface area contributed by atoms with Gasteiger partial charge in [-0.2, -0.15) is 8.78 Å². The Bertz CT molecular complexity index is 196. The van der Waals surface area contributed by atoms with Gasteiger partial charge in [0.1, 0.15) is 0 Å². The van der Waals surface area contributed by atoms with Crippen LogP contribution in [-0.4, -0.2) is 31.0 Å². The van der Waals surface area contributed by atoms with Crippen molar-refractivity contribution in [1.29, 1.82) is 0 Å². The minimum absolute atomic E-state index is 0. The summed E-state index contributed by atoms with van der Waals surface area (Å²) in [6.45, 7) is -0.867. The molecule has 0 aliphatic rings. The highest BCUT2D eigenvalue weighted by Gasteiger charge is 2.48. The summed E-state index contributed by atoms with van der Waals surface area (Å²) in [6.07, 6.45) is 0. The molecule has 0 unspecified atom stereocenters. The predicted molar refractivity (Wildman–Crippen MR) is 34.7 cm³/mol. The molecule has 0 saturated carbocycles. The summed E-state index contributed by atoms with van der Waals surface area (Å²) < 4.78 is 40.0. The molecule has 0 N–H and O–H groups in total. The number of hydrogen-bond acceptors (Lipinski definition) is 3. The third-order valence-corrected chi connectivity index (χ3v) is 1.00. The van der Waals surface area contributed by atoms with Crippen LogP contribution < -0.4 is 6.15 Å². The van der Waals surface area contributed by atoms with Crippen molar-refractivity contribution >= 4 is 11.8 Å². The molecule has 0 fully saturated rings. The number of rotatable bonds is 4. The Hall–Kier alpha value is -1.11. The molecule has 13 heavy (non-hydrogen) atoms. The number of nitrogens with zero attached hydrogens (tertiary/aromatic N) is 1. The lowest BCUT2D eigenvalue weighted by molar-refractivity contribution is -0.176. The third-order valence-electron chi connectivity index (χ3n) is 1.00. The number of ketones is 1. The van der Waals surface area contributed by atoms with Crippen molar-refractivity contribution in [2.24, 2.45) is 0 Å². The molecule has 0 aliphatic carbocycles. The molecule has 75 valence electrons. The first-order chi connectivity index (χ1) is 5.46. The summed E-state index contributed by atoms with van der Waals surface area (Å²) in [5.41, 5.74) is 0. The minimum atomic E-state index is -4.36. The van der Waals surface area contributed by atoms with E-state index in [1.54, 1.807) is 0 Å². The summed E-state index contributed by atoms with van der Waals surface area (Å²) in [6, 6.07) is 0. The van der Waals surface area contributed by atoms with Crippen LogP contribution >= 0.6 is 0 Å². The molecule has 0 aliphatic heterocycles. The first kappa shape index (κ1) is 14.4. The van der Waals surface area contributed by atoms with E-state index in [4.69, 9.17) is 0 Å². The van der Waals surface area contributed by atoms with E-state index in [9.17, 15) is 22.8 Å². The van der Waals surface area contributed by atoms with Gasteiger partial charge in [-0.25, -0.2) is 9.18 Å². The van der Waals surface area contributed by atoms with Crippen molar-refractivity contribution < 1.29 is 27.5 Å². The second-order valence-corrected chi connectivity index (χ2v) is 1.85. The van der Waals surface area contributed by atoms with E-state index >= 15 is 0 Å². The summed E-state index contributed by atoms with van der Waals surface area (Å²) in [4.78, 5) is 20.4. The zero-order valence-corrected chi connectivity index (χ0v) is 6.72. The number of hydrogen-bond donors (Lipinski definition) is 0. The average Bonchev–Trinajstić information content (AvgIpc) is 2.03. The molecule has 0 spiro atoms. The maximum atomic E-state index is 12.3. The largest absolute Gasteiger partial charge is 0.461 e. The Kier molecular flexibility index (Phi) is 6.12. The fraction of sp³-hybridized carbons (Fsp3) is 0.667.